The lowest BCUT2D eigenvalue weighted by Gasteiger charge is -2.36. The number of benzene rings is 4. The molecule has 0 amide bonds. The Hall–Kier alpha value is -3.06. The lowest BCUT2D eigenvalue weighted by molar-refractivity contribution is 0.232. The summed E-state index contributed by atoms with van der Waals surface area (Å²) in [6.45, 7) is 1.46. The van der Waals surface area contributed by atoms with Gasteiger partial charge in [0.1, 0.15) is 5.75 Å². The van der Waals surface area contributed by atoms with Crippen LogP contribution in [0.1, 0.15) is 16.7 Å². The molecular formula is C32H33NO3S2. The predicted molar refractivity (Wildman–Crippen MR) is 157 cm³/mol. The molecule has 6 heteroatoms. The Labute approximate surface area is 230 Å². The monoisotopic (exact) mass is 543 g/mol. The molecule has 0 spiro atoms. The number of hydrogen-bond acceptors (Lipinski definition) is 4. The SMILES string of the molecule is CS(=O)(=O)N1CC(COc2ccccc2)C(CSC(c2ccccc2)(c2ccccc2)c2ccccc2)C1. The van der Waals surface area contributed by atoms with Gasteiger partial charge in [0.15, 0.2) is 0 Å². The van der Waals surface area contributed by atoms with Gasteiger partial charge in [0.2, 0.25) is 10.0 Å². The van der Waals surface area contributed by atoms with Crippen molar-refractivity contribution in [3.63, 3.8) is 0 Å². The van der Waals surface area contributed by atoms with Gasteiger partial charge >= 0.3 is 0 Å². The second kappa shape index (κ2) is 11.8. The minimum absolute atomic E-state index is 0.0949. The summed E-state index contributed by atoms with van der Waals surface area (Å²) in [6.07, 6.45) is 1.31. The van der Waals surface area contributed by atoms with Gasteiger partial charge in [-0.25, -0.2) is 12.7 Å². The van der Waals surface area contributed by atoms with Crippen molar-refractivity contribution < 1.29 is 13.2 Å². The van der Waals surface area contributed by atoms with Crippen molar-refractivity contribution in [2.45, 2.75) is 4.75 Å². The van der Waals surface area contributed by atoms with E-state index in [9.17, 15) is 8.42 Å². The Morgan fingerprint density at radius 1 is 0.711 bits per heavy atom. The van der Waals surface area contributed by atoms with Gasteiger partial charge in [0.05, 0.1) is 17.6 Å². The van der Waals surface area contributed by atoms with Gasteiger partial charge in [0.25, 0.3) is 0 Å². The van der Waals surface area contributed by atoms with E-state index in [1.807, 2.05) is 60.3 Å². The van der Waals surface area contributed by atoms with Gasteiger partial charge in [-0.2, -0.15) is 0 Å². The number of thioether (sulfide) groups is 1. The van der Waals surface area contributed by atoms with Crippen molar-refractivity contribution in [2.24, 2.45) is 11.8 Å². The average Bonchev–Trinajstić information content (AvgIpc) is 3.38. The molecule has 1 heterocycles. The summed E-state index contributed by atoms with van der Waals surface area (Å²) in [6, 6.07) is 41.6. The fourth-order valence-corrected chi connectivity index (χ4v) is 7.94. The van der Waals surface area contributed by atoms with Gasteiger partial charge in [-0.15, -0.1) is 11.8 Å². The second-order valence-corrected chi connectivity index (χ2v) is 13.0. The topological polar surface area (TPSA) is 46.6 Å². The van der Waals surface area contributed by atoms with Crippen molar-refractivity contribution in [1.82, 2.24) is 4.31 Å². The highest BCUT2D eigenvalue weighted by Crippen LogP contribution is 2.50. The van der Waals surface area contributed by atoms with Crippen LogP contribution >= 0.6 is 11.8 Å². The molecule has 0 bridgehead atoms. The fourth-order valence-electron chi connectivity index (χ4n) is 5.26. The van der Waals surface area contributed by atoms with Crippen LogP contribution in [0, 0.1) is 11.8 Å². The van der Waals surface area contributed by atoms with Crippen molar-refractivity contribution in [2.75, 3.05) is 31.7 Å². The molecule has 4 aromatic rings. The second-order valence-electron chi connectivity index (χ2n) is 9.81. The highest BCUT2D eigenvalue weighted by molar-refractivity contribution is 8.00. The molecule has 0 aromatic heterocycles. The summed E-state index contributed by atoms with van der Waals surface area (Å²) >= 11 is 1.89. The van der Waals surface area contributed by atoms with Gasteiger partial charge in [-0.1, -0.05) is 109 Å². The van der Waals surface area contributed by atoms with Gasteiger partial charge in [-0.05, 0) is 40.5 Å². The van der Waals surface area contributed by atoms with E-state index in [1.165, 1.54) is 22.9 Å². The highest BCUT2D eigenvalue weighted by Gasteiger charge is 2.42. The highest BCUT2D eigenvalue weighted by atomic mass is 32.2. The molecule has 1 fully saturated rings. The Morgan fingerprint density at radius 2 is 1.13 bits per heavy atom. The van der Waals surface area contributed by atoms with Crippen molar-refractivity contribution in [1.29, 1.82) is 0 Å². The molecule has 5 rings (SSSR count). The summed E-state index contributed by atoms with van der Waals surface area (Å²) in [5, 5.41) is 0. The van der Waals surface area contributed by atoms with Gasteiger partial charge in [0, 0.05) is 19.0 Å². The lowest BCUT2D eigenvalue weighted by atomic mass is 9.84. The van der Waals surface area contributed by atoms with E-state index in [0.29, 0.717) is 19.7 Å². The van der Waals surface area contributed by atoms with E-state index in [2.05, 4.69) is 72.8 Å². The summed E-state index contributed by atoms with van der Waals surface area (Å²) in [5.41, 5.74) is 3.62. The fraction of sp³-hybridized carbons (Fsp3) is 0.250. The van der Waals surface area contributed by atoms with Crippen molar-refractivity contribution in [3.8, 4) is 5.75 Å². The standard InChI is InChI=1S/C32H33NO3S2/c1-38(34,35)33-22-26(24-36-31-20-12-5-13-21-31)27(23-33)25-37-32(28-14-6-2-7-15-28,29-16-8-3-9-17-29)30-18-10-4-11-19-30/h2-21,26-27H,22-25H2,1H3. The van der Waals surface area contributed by atoms with Crippen molar-refractivity contribution in [3.05, 3.63) is 138 Å². The van der Waals surface area contributed by atoms with Gasteiger partial charge in [-0.3, -0.25) is 0 Å². The van der Waals surface area contributed by atoms with Crippen LogP contribution in [0.5, 0.6) is 5.75 Å². The smallest absolute Gasteiger partial charge is 0.211 e. The molecule has 0 N–H and O–H groups in total. The number of hydrogen-bond donors (Lipinski definition) is 0. The average molecular weight is 544 g/mol. The summed E-state index contributed by atoms with van der Waals surface area (Å²) in [4.78, 5) is 0. The third kappa shape index (κ3) is 5.83. The third-order valence-electron chi connectivity index (χ3n) is 7.27. The Morgan fingerprint density at radius 3 is 1.58 bits per heavy atom. The van der Waals surface area contributed by atoms with Crippen LogP contribution < -0.4 is 4.74 Å². The summed E-state index contributed by atoms with van der Waals surface area (Å²) in [5.74, 6) is 1.84. The van der Waals surface area contributed by atoms with E-state index in [1.54, 1.807) is 4.31 Å². The molecule has 2 atom stereocenters. The molecule has 196 valence electrons. The van der Waals surface area contributed by atoms with E-state index in [-0.39, 0.29) is 11.8 Å². The number of nitrogens with zero attached hydrogens (tertiary/aromatic N) is 1. The molecule has 1 aliphatic heterocycles. The molecule has 1 saturated heterocycles. The largest absolute Gasteiger partial charge is 0.493 e. The molecule has 38 heavy (non-hydrogen) atoms. The van der Waals surface area contributed by atoms with Crippen molar-refractivity contribution >= 4 is 21.8 Å². The normalized spacial score (nSPS) is 18.3. The molecule has 0 saturated carbocycles. The Bertz CT molecular complexity index is 1300. The Kier molecular flexibility index (Phi) is 8.22. The zero-order valence-corrected chi connectivity index (χ0v) is 23.2. The minimum atomic E-state index is -3.29. The van der Waals surface area contributed by atoms with Crippen LogP contribution in [-0.4, -0.2) is 44.4 Å². The molecule has 0 radical (unpaired) electrons. The molecule has 4 nitrogen and oxygen atoms in total. The lowest BCUT2D eigenvalue weighted by Crippen LogP contribution is -2.29. The summed E-state index contributed by atoms with van der Waals surface area (Å²) in [7, 11) is -3.29. The van der Waals surface area contributed by atoms with E-state index in [0.717, 1.165) is 11.5 Å². The maximum Gasteiger partial charge on any atom is 0.211 e. The molecule has 4 aromatic carbocycles. The zero-order chi connectivity index (χ0) is 26.4. The van der Waals surface area contributed by atoms with E-state index < -0.39 is 14.8 Å². The van der Waals surface area contributed by atoms with Gasteiger partial charge < -0.3 is 4.74 Å². The number of para-hydroxylation sites is 1. The van der Waals surface area contributed by atoms with Crippen LogP contribution in [0.3, 0.4) is 0 Å². The van der Waals surface area contributed by atoms with Crippen LogP contribution in [0.4, 0.5) is 0 Å². The number of ether oxygens (including phenoxy) is 1. The first-order valence-corrected chi connectivity index (χ1v) is 15.7. The first-order valence-electron chi connectivity index (χ1n) is 12.9. The zero-order valence-electron chi connectivity index (χ0n) is 21.5. The molecule has 2 unspecified atom stereocenters. The molecular weight excluding hydrogens is 510 g/mol. The first kappa shape index (κ1) is 26.5. The minimum Gasteiger partial charge on any atom is -0.493 e. The number of sulfonamides is 1. The molecule has 0 aliphatic carbocycles. The quantitative estimate of drug-likeness (QED) is 0.220. The summed E-state index contributed by atoms with van der Waals surface area (Å²) < 4.78 is 32.4. The van der Waals surface area contributed by atoms with E-state index >= 15 is 0 Å². The van der Waals surface area contributed by atoms with Crippen LogP contribution in [0.15, 0.2) is 121 Å². The Balaban J connectivity index is 1.49. The maximum absolute atomic E-state index is 12.5. The van der Waals surface area contributed by atoms with Crippen LogP contribution in [0.2, 0.25) is 0 Å². The third-order valence-corrected chi connectivity index (χ3v) is 10.2. The van der Waals surface area contributed by atoms with Crippen LogP contribution in [-0.2, 0) is 14.8 Å². The predicted octanol–water partition coefficient (Wildman–Crippen LogP) is 6.30. The number of rotatable bonds is 10. The van der Waals surface area contributed by atoms with E-state index in [4.69, 9.17) is 4.74 Å². The maximum atomic E-state index is 12.5. The first-order chi connectivity index (χ1) is 18.5. The van der Waals surface area contributed by atoms with Crippen LogP contribution in [0.25, 0.3) is 0 Å². The molecule has 1 aliphatic rings.